The third-order valence-electron chi connectivity index (χ3n) is 4.02. The number of thioether (sulfide) groups is 1. The number of methoxy groups -OCH3 is 1. The molecule has 28 heavy (non-hydrogen) atoms. The van der Waals surface area contributed by atoms with Crippen LogP contribution in [0.2, 0.25) is 5.02 Å². The van der Waals surface area contributed by atoms with Crippen molar-refractivity contribution in [2.75, 3.05) is 18.2 Å². The van der Waals surface area contributed by atoms with Gasteiger partial charge in [0.05, 0.1) is 24.1 Å². The minimum atomic E-state index is -0.203. The molecule has 1 N–H and O–H groups in total. The van der Waals surface area contributed by atoms with Crippen molar-refractivity contribution in [3.05, 3.63) is 53.3 Å². The van der Waals surface area contributed by atoms with E-state index in [9.17, 15) is 4.79 Å². The smallest absolute Gasteiger partial charge is 0.234 e. The molecular weight excluding hydrogens is 398 g/mol. The molecule has 2 aromatic heterocycles. The van der Waals surface area contributed by atoms with Crippen molar-refractivity contribution >= 4 is 51.5 Å². The molecule has 7 nitrogen and oxygen atoms in total. The maximum Gasteiger partial charge on any atom is 0.234 e. The molecule has 0 bridgehead atoms. The summed E-state index contributed by atoms with van der Waals surface area (Å²) in [5, 5.41) is 9.27. The largest absolute Gasteiger partial charge is 0.495 e. The molecule has 0 saturated heterocycles. The maximum absolute atomic E-state index is 12.5. The Kier molecular flexibility index (Phi) is 5.06. The van der Waals surface area contributed by atoms with Crippen LogP contribution in [-0.2, 0) is 4.79 Å². The quantitative estimate of drug-likeness (QED) is 0.393. The van der Waals surface area contributed by atoms with E-state index in [-0.39, 0.29) is 11.7 Å². The predicted octanol–water partition coefficient (Wildman–Crippen LogP) is 3.98. The molecule has 4 rings (SSSR count). The van der Waals surface area contributed by atoms with E-state index in [4.69, 9.17) is 16.3 Å². The molecule has 142 valence electrons. The Hall–Kier alpha value is -2.84. The second-order valence-corrected chi connectivity index (χ2v) is 7.37. The van der Waals surface area contributed by atoms with Crippen LogP contribution in [0.25, 0.3) is 16.6 Å². The van der Waals surface area contributed by atoms with Crippen molar-refractivity contribution in [1.29, 1.82) is 0 Å². The van der Waals surface area contributed by atoms with Crippen molar-refractivity contribution in [2.24, 2.45) is 0 Å². The Morgan fingerprint density at radius 1 is 1.25 bits per heavy atom. The molecule has 2 aromatic carbocycles. The van der Waals surface area contributed by atoms with Gasteiger partial charge in [0.2, 0.25) is 5.91 Å². The van der Waals surface area contributed by atoms with E-state index in [0.717, 1.165) is 16.6 Å². The van der Waals surface area contributed by atoms with E-state index in [1.165, 1.54) is 18.9 Å². The molecule has 0 aliphatic carbocycles. The van der Waals surface area contributed by atoms with Gasteiger partial charge in [-0.2, -0.15) is 4.52 Å². The summed E-state index contributed by atoms with van der Waals surface area (Å²) >= 11 is 7.30. The fourth-order valence-corrected chi connectivity index (χ4v) is 3.74. The number of rotatable bonds is 5. The second-order valence-electron chi connectivity index (χ2n) is 5.99. The van der Waals surface area contributed by atoms with Crippen LogP contribution in [-0.4, -0.2) is 38.4 Å². The molecule has 9 heteroatoms. The van der Waals surface area contributed by atoms with Gasteiger partial charge in [0, 0.05) is 10.4 Å². The Balaban J connectivity index is 1.58. The third-order valence-corrected chi connectivity index (χ3v) is 5.19. The lowest BCUT2D eigenvalue weighted by molar-refractivity contribution is -0.113. The average molecular weight is 414 g/mol. The third kappa shape index (κ3) is 3.61. The Morgan fingerprint density at radius 2 is 2.07 bits per heavy atom. The minimum Gasteiger partial charge on any atom is -0.495 e. The van der Waals surface area contributed by atoms with E-state index in [1.807, 2.05) is 31.2 Å². The summed E-state index contributed by atoms with van der Waals surface area (Å²) < 4.78 is 6.93. The molecule has 0 unspecified atom stereocenters. The number of fused-ring (bicyclic) bond motifs is 3. The fourth-order valence-electron chi connectivity index (χ4n) is 2.82. The summed E-state index contributed by atoms with van der Waals surface area (Å²) in [6, 6.07) is 12.8. The first-order valence-electron chi connectivity index (χ1n) is 8.43. The lowest BCUT2D eigenvalue weighted by Crippen LogP contribution is -2.15. The first-order valence-corrected chi connectivity index (χ1v) is 9.80. The van der Waals surface area contributed by atoms with Crippen LogP contribution in [0.4, 0.5) is 5.69 Å². The van der Waals surface area contributed by atoms with Gasteiger partial charge in [-0.25, -0.2) is 9.97 Å². The summed E-state index contributed by atoms with van der Waals surface area (Å²) in [6.45, 7) is 1.83. The zero-order chi connectivity index (χ0) is 19.7. The number of carbonyl (C=O) groups excluding carboxylic acids is 1. The molecule has 0 atom stereocenters. The van der Waals surface area contributed by atoms with E-state index >= 15 is 0 Å². The second kappa shape index (κ2) is 7.65. The lowest BCUT2D eigenvalue weighted by atomic mass is 10.2. The number of hydrogen-bond acceptors (Lipinski definition) is 6. The molecule has 0 aliphatic heterocycles. The van der Waals surface area contributed by atoms with Gasteiger partial charge in [0.25, 0.3) is 0 Å². The van der Waals surface area contributed by atoms with Gasteiger partial charge in [0.1, 0.15) is 11.6 Å². The lowest BCUT2D eigenvalue weighted by Gasteiger charge is -2.10. The maximum atomic E-state index is 12.5. The van der Waals surface area contributed by atoms with Gasteiger partial charge in [0.15, 0.2) is 10.8 Å². The van der Waals surface area contributed by atoms with Gasteiger partial charge in [-0.05, 0) is 37.3 Å². The van der Waals surface area contributed by atoms with Crippen LogP contribution in [0.1, 0.15) is 5.82 Å². The molecule has 0 saturated carbocycles. The number of amides is 1. The first-order chi connectivity index (χ1) is 13.5. The molecule has 4 aromatic rings. The van der Waals surface area contributed by atoms with E-state index in [1.54, 1.807) is 22.7 Å². The molecule has 0 radical (unpaired) electrons. The first kappa shape index (κ1) is 18.5. The number of nitrogens with zero attached hydrogens (tertiary/aromatic N) is 4. The highest BCUT2D eigenvalue weighted by Crippen LogP contribution is 2.28. The van der Waals surface area contributed by atoms with Gasteiger partial charge in [-0.1, -0.05) is 35.5 Å². The number of para-hydroxylation sites is 1. The fraction of sp³-hybridized carbons (Fsp3) is 0.158. The van der Waals surface area contributed by atoms with Gasteiger partial charge in [-0.3, -0.25) is 4.79 Å². The van der Waals surface area contributed by atoms with Crippen LogP contribution in [0, 0.1) is 6.92 Å². The van der Waals surface area contributed by atoms with E-state index in [0.29, 0.717) is 27.4 Å². The average Bonchev–Trinajstić information content (AvgIpc) is 3.08. The summed E-state index contributed by atoms with van der Waals surface area (Å²) in [7, 11) is 1.54. The van der Waals surface area contributed by atoms with Crippen LogP contribution in [0.15, 0.2) is 47.6 Å². The number of nitrogens with one attached hydrogen (secondary N) is 1. The monoisotopic (exact) mass is 413 g/mol. The number of hydrogen-bond donors (Lipinski definition) is 1. The minimum absolute atomic E-state index is 0.148. The van der Waals surface area contributed by atoms with Crippen LogP contribution >= 0.6 is 23.4 Å². The predicted molar refractivity (Wildman–Crippen MR) is 110 cm³/mol. The summed E-state index contributed by atoms with van der Waals surface area (Å²) in [5.41, 5.74) is 2.05. The Labute approximate surface area is 170 Å². The number of benzene rings is 2. The van der Waals surface area contributed by atoms with Crippen molar-refractivity contribution in [1.82, 2.24) is 19.6 Å². The highest BCUT2D eigenvalue weighted by molar-refractivity contribution is 7.99. The van der Waals surface area contributed by atoms with E-state index < -0.39 is 0 Å². The molecule has 2 heterocycles. The summed E-state index contributed by atoms with van der Waals surface area (Å²) in [5.74, 6) is 1.13. The Morgan fingerprint density at radius 3 is 2.89 bits per heavy atom. The van der Waals surface area contributed by atoms with Crippen molar-refractivity contribution < 1.29 is 9.53 Å². The molecular formula is C19H16ClN5O2S. The van der Waals surface area contributed by atoms with Crippen LogP contribution < -0.4 is 10.1 Å². The highest BCUT2D eigenvalue weighted by atomic mass is 35.5. The van der Waals surface area contributed by atoms with Crippen LogP contribution in [0.3, 0.4) is 0 Å². The number of anilines is 1. The highest BCUT2D eigenvalue weighted by Gasteiger charge is 2.15. The molecule has 0 fully saturated rings. The number of carbonyl (C=O) groups is 1. The normalized spacial score (nSPS) is 11.1. The van der Waals surface area contributed by atoms with Gasteiger partial charge in [-0.15, -0.1) is 5.10 Å². The SMILES string of the molecule is COc1ccc(Cl)cc1NC(=O)CSc1nc2ccccc2c2nc(C)nn12. The van der Waals surface area contributed by atoms with Gasteiger partial charge >= 0.3 is 0 Å². The van der Waals surface area contributed by atoms with Crippen molar-refractivity contribution in [3.63, 3.8) is 0 Å². The number of aryl methyl sites for hydroxylation is 1. The zero-order valence-electron chi connectivity index (χ0n) is 15.1. The topological polar surface area (TPSA) is 81.4 Å². The number of halogens is 1. The van der Waals surface area contributed by atoms with Crippen LogP contribution in [0.5, 0.6) is 5.75 Å². The Bertz CT molecular complexity index is 1190. The number of ether oxygens (including phenoxy) is 1. The molecule has 0 aliphatic rings. The summed E-state index contributed by atoms with van der Waals surface area (Å²) in [6.07, 6.45) is 0. The number of aromatic nitrogens is 4. The van der Waals surface area contributed by atoms with E-state index in [2.05, 4.69) is 20.4 Å². The zero-order valence-corrected chi connectivity index (χ0v) is 16.7. The molecule has 0 spiro atoms. The van der Waals surface area contributed by atoms with Crippen molar-refractivity contribution in [3.8, 4) is 5.75 Å². The summed E-state index contributed by atoms with van der Waals surface area (Å²) in [4.78, 5) is 21.6. The standard InChI is InChI=1S/C19H16ClN5O2S/c1-11-21-18-13-5-3-4-6-14(13)23-19(25(18)24-11)28-10-17(26)22-15-9-12(20)7-8-16(15)27-2/h3-9H,10H2,1-2H3,(H,22,26). The molecule has 1 amide bonds. The van der Waals surface area contributed by atoms with Gasteiger partial charge < -0.3 is 10.1 Å². The van der Waals surface area contributed by atoms with Crippen molar-refractivity contribution in [2.45, 2.75) is 12.1 Å².